The van der Waals surface area contributed by atoms with Gasteiger partial charge in [0, 0.05) is 20.0 Å². The molecule has 1 aliphatic heterocycles. The fourth-order valence-corrected chi connectivity index (χ4v) is 2.99. The maximum absolute atomic E-state index is 13.0. The molecule has 1 aliphatic rings. The number of fused-ring (bicyclic) bond motifs is 1. The SMILES string of the molecule is CN(Cc1ccc(F)cc1)C(=O)C1(C)Cc2ccccc2C(=O)O1. The van der Waals surface area contributed by atoms with Crippen molar-refractivity contribution in [2.75, 3.05) is 7.05 Å². The lowest BCUT2D eigenvalue weighted by molar-refractivity contribution is -0.150. The molecule has 1 atom stereocenters. The summed E-state index contributed by atoms with van der Waals surface area (Å²) in [5.74, 6) is -1.09. The summed E-state index contributed by atoms with van der Waals surface area (Å²) in [6, 6.07) is 13.1. The number of benzene rings is 2. The first-order valence-corrected chi connectivity index (χ1v) is 7.70. The summed E-state index contributed by atoms with van der Waals surface area (Å²) >= 11 is 0. The number of halogens is 1. The van der Waals surface area contributed by atoms with Gasteiger partial charge in [-0.2, -0.15) is 0 Å². The zero-order chi connectivity index (χ0) is 17.3. The molecular weight excluding hydrogens is 309 g/mol. The number of nitrogens with zero attached hydrogens (tertiary/aromatic N) is 1. The lowest BCUT2D eigenvalue weighted by Crippen LogP contribution is -2.51. The van der Waals surface area contributed by atoms with Crippen LogP contribution in [0.15, 0.2) is 48.5 Å². The van der Waals surface area contributed by atoms with Crippen LogP contribution in [-0.2, 0) is 22.5 Å². The molecule has 5 heteroatoms. The molecule has 0 aliphatic carbocycles. The van der Waals surface area contributed by atoms with E-state index in [-0.39, 0.29) is 11.7 Å². The summed E-state index contributed by atoms with van der Waals surface area (Å²) in [5.41, 5.74) is 0.877. The number of cyclic esters (lactones) is 1. The molecule has 1 amide bonds. The highest BCUT2D eigenvalue weighted by Gasteiger charge is 2.44. The van der Waals surface area contributed by atoms with Crippen molar-refractivity contribution >= 4 is 11.9 Å². The van der Waals surface area contributed by atoms with Gasteiger partial charge in [0.2, 0.25) is 0 Å². The summed E-state index contributed by atoms with van der Waals surface area (Å²) in [5, 5.41) is 0. The van der Waals surface area contributed by atoms with Crippen molar-refractivity contribution in [3.8, 4) is 0 Å². The summed E-state index contributed by atoms with van der Waals surface area (Å²) in [4.78, 5) is 26.5. The van der Waals surface area contributed by atoms with Gasteiger partial charge in [-0.15, -0.1) is 0 Å². The highest BCUT2D eigenvalue weighted by Crippen LogP contribution is 2.29. The zero-order valence-corrected chi connectivity index (χ0v) is 13.6. The van der Waals surface area contributed by atoms with Crippen molar-refractivity contribution in [1.82, 2.24) is 4.90 Å². The molecule has 1 heterocycles. The van der Waals surface area contributed by atoms with Crippen molar-refractivity contribution in [3.05, 3.63) is 71.0 Å². The second-order valence-electron chi connectivity index (χ2n) is 6.24. The average Bonchev–Trinajstić information content (AvgIpc) is 2.56. The Kier molecular flexibility index (Phi) is 4.09. The number of carbonyl (C=O) groups excluding carboxylic acids is 2. The van der Waals surface area contributed by atoms with E-state index in [1.807, 2.05) is 12.1 Å². The summed E-state index contributed by atoms with van der Waals surface area (Å²) in [6.45, 7) is 1.94. The molecule has 24 heavy (non-hydrogen) atoms. The fraction of sp³-hybridized carbons (Fsp3) is 0.263. The van der Waals surface area contributed by atoms with E-state index in [9.17, 15) is 14.0 Å². The Hall–Kier alpha value is -2.69. The normalized spacial score (nSPS) is 19.4. The van der Waals surface area contributed by atoms with Gasteiger partial charge in [0.1, 0.15) is 5.82 Å². The van der Waals surface area contributed by atoms with Crippen LogP contribution in [0, 0.1) is 5.82 Å². The number of carbonyl (C=O) groups is 2. The lowest BCUT2D eigenvalue weighted by Gasteiger charge is -2.36. The van der Waals surface area contributed by atoms with Gasteiger partial charge in [-0.3, -0.25) is 4.79 Å². The Bertz CT molecular complexity index is 787. The highest BCUT2D eigenvalue weighted by molar-refractivity contribution is 5.97. The van der Waals surface area contributed by atoms with Crippen LogP contribution in [0.25, 0.3) is 0 Å². The average molecular weight is 327 g/mol. The topological polar surface area (TPSA) is 46.6 Å². The van der Waals surface area contributed by atoms with Crippen LogP contribution in [0.5, 0.6) is 0 Å². The monoisotopic (exact) mass is 327 g/mol. The molecule has 1 unspecified atom stereocenters. The smallest absolute Gasteiger partial charge is 0.339 e. The van der Waals surface area contributed by atoms with E-state index >= 15 is 0 Å². The predicted molar refractivity (Wildman–Crippen MR) is 86.8 cm³/mol. The third kappa shape index (κ3) is 3.02. The standard InChI is InChI=1S/C19H18FNO3/c1-19(11-14-5-3-4-6-16(14)17(22)24-19)18(23)21(2)12-13-7-9-15(20)10-8-13/h3-10H,11-12H2,1-2H3. The molecule has 2 aromatic carbocycles. The second kappa shape index (κ2) is 6.07. The first kappa shape index (κ1) is 16.2. The second-order valence-corrected chi connectivity index (χ2v) is 6.24. The van der Waals surface area contributed by atoms with Gasteiger partial charge in [0.25, 0.3) is 5.91 Å². The molecule has 3 rings (SSSR count). The molecule has 0 fully saturated rings. The summed E-state index contributed by atoms with van der Waals surface area (Å²) in [6.07, 6.45) is 0.335. The molecule has 0 bridgehead atoms. The minimum atomic E-state index is -1.24. The van der Waals surface area contributed by atoms with E-state index in [1.54, 1.807) is 38.2 Å². The third-order valence-corrected chi connectivity index (χ3v) is 4.22. The van der Waals surface area contributed by atoms with Crippen molar-refractivity contribution in [1.29, 1.82) is 0 Å². The van der Waals surface area contributed by atoms with E-state index in [1.165, 1.54) is 17.0 Å². The number of rotatable bonds is 3. The lowest BCUT2D eigenvalue weighted by atomic mass is 9.89. The van der Waals surface area contributed by atoms with Crippen molar-refractivity contribution < 1.29 is 18.7 Å². The van der Waals surface area contributed by atoms with E-state index in [2.05, 4.69) is 0 Å². The molecule has 0 spiro atoms. The van der Waals surface area contributed by atoms with Crippen LogP contribution in [-0.4, -0.2) is 29.4 Å². The van der Waals surface area contributed by atoms with Gasteiger partial charge < -0.3 is 9.64 Å². The van der Waals surface area contributed by atoms with Crippen molar-refractivity contribution in [2.24, 2.45) is 0 Å². The Morgan fingerprint density at radius 1 is 1.21 bits per heavy atom. The van der Waals surface area contributed by atoms with Crippen molar-refractivity contribution in [3.63, 3.8) is 0 Å². The Balaban J connectivity index is 1.79. The van der Waals surface area contributed by atoms with E-state index in [0.717, 1.165) is 11.1 Å². The molecule has 0 saturated heterocycles. The number of amides is 1. The molecule has 0 radical (unpaired) electrons. The largest absolute Gasteiger partial charge is 0.445 e. The number of ether oxygens (including phenoxy) is 1. The molecule has 0 N–H and O–H groups in total. The first-order chi connectivity index (χ1) is 11.4. The van der Waals surface area contributed by atoms with Gasteiger partial charge in [0.15, 0.2) is 5.60 Å². The van der Waals surface area contributed by atoms with Crippen LogP contribution in [0.1, 0.15) is 28.4 Å². The van der Waals surface area contributed by atoms with E-state index < -0.39 is 11.6 Å². The summed E-state index contributed by atoms with van der Waals surface area (Å²) < 4.78 is 18.4. The Morgan fingerprint density at radius 2 is 1.88 bits per heavy atom. The first-order valence-electron chi connectivity index (χ1n) is 7.70. The number of likely N-dealkylation sites (N-methyl/N-ethyl adjacent to an activating group) is 1. The number of hydrogen-bond acceptors (Lipinski definition) is 3. The Morgan fingerprint density at radius 3 is 2.58 bits per heavy atom. The Labute approximate surface area is 139 Å². The van der Waals surface area contributed by atoms with E-state index in [4.69, 9.17) is 4.74 Å². The molecular formula is C19H18FNO3. The summed E-state index contributed by atoms with van der Waals surface area (Å²) in [7, 11) is 1.64. The minimum Gasteiger partial charge on any atom is -0.445 e. The van der Waals surface area contributed by atoms with E-state index in [0.29, 0.717) is 18.5 Å². The van der Waals surface area contributed by atoms with Crippen LogP contribution >= 0.6 is 0 Å². The molecule has 124 valence electrons. The number of esters is 1. The maximum Gasteiger partial charge on any atom is 0.339 e. The zero-order valence-electron chi connectivity index (χ0n) is 13.6. The minimum absolute atomic E-state index is 0.283. The van der Waals surface area contributed by atoms with Gasteiger partial charge in [-0.1, -0.05) is 30.3 Å². The maximum atomic E-state index is 13.0. The van der Waals surface area contributed by atoms with Crippen LogP contribution in [0.2, 0.25) is 0 Å². The van der Waals surface area contributed by atoms with Crippen LogP contribution < -0.4 is 0 Å². The van der Waals surface area contributed by atoms with Crippen molar-refractivity contribution in [2.45, 2.75) is 25.5 Å². The predicted octanol–water partition coefficient (Wildman–Crippen LogP) is 2.96. The fourth-order valence-electron chi connectivity index (χ4n) is 2.99. The van der Waals surface area contributed by atoms with Crippen LogP contribution in [0.3, 0.4) is 0 Å². The van der Waals surface area contributed by atoms with Gasteiger partial charge >= 0.3 is 5.97 Å². The molecule has 2 aromatic rings. The molecule has 0 aromatic heterocycles. The number of hydrogen-bond donors (Lipinski definition) is 0. The third-order valence-electron chi connectivity index (χ3n) is 4.22. The van der Waals surface area contributed by atoms with Gasteiger partial charge in [-0.25, -0.2) is 9.18 Å². The molecule has 4 nitrogen and oxygen atoms in total. The van der Waals surface area contributed by atoms with Gasteiger partial charge in [-0.05, 0) is 36.2 Å². The molecule has 0 saturated carbocycles. The van der Waals surface area contributed by atoms with Crippen LogP contribution in [0.4, 0.5) is 4.39 Å². The quantitative estimate of drug-likeness (QED) is 0.814. The van der Waals surface area contributed by atoms with Gasteiger partial charge in [0.05, 0.1) is 5.56 Å². The highest BCUT2D eigenvalue weighted by atomic mass is 19.1.